The molecule has 83 heavy (non-hydrogen) atoms. The number of rotatable bonds is 66. The van der Waals surface area contributed by atoms with Crippen LogP contribution in [0.3, 0.4) is 0 Å². The maximum atomic E-state index is 12.9. The molecular formula is C77H136O6. The second kappa shape index (κ2) is 71.1. The van der Waals surface area contributed by atoms with Crippen LogP contribution in [0.4, 0.5) is 0 Å². The van der Waals surface area contributed by atoms with Crippen LogP contribution in [-0.4, -0.2) is 37.2 Å². The number of hydrogen-bond donors (Lipinski definition) is 0. The third-order valence-electron chi connectivity index (χ3n) is 15.9. The average Bonchev–Trinajstić information content (AvgIpc) is 3.49. The van der Waals surface area contributed by atoms with E-state index in [0.29, 0.717) is 19.3 Å². The quantitative estimate of drug-likeness (QED) is 0.0261. The Morgan fingerprint density at radius 1 is 0.253 bits per heavy atom. The molecule has 0 saturated heterocycles. The summed E-state index contributed by atoms with van der Waals surface area (Å²) < 4.78 is 17.0. The molecule has 0 aliphatic carbocycles. The topological polar surface area (TPSA) is 78.9 Å². The van der Waals surface area contributed by atoms with Crippen molar-refractivity contribution < 1.29 is 28.6 Å². The minimum Gasteiger partial charge on any atom is -0.462 e. The highest BCUT2D eigenvalue weighted by Gasteiger charge is 2.19. The zero-order valence-corrected chi connectivity index (χ0v) is 55.2. The first-order valence-corrected chi connectivity index (χ1v) is 36.1. The van der Waals surface area contributed by atoms with Gasteiger partial charge in [-0.1, -0.05) is 337 Å². The summed E-state index contributed by atoms with van der Waals surface area (Å²) in [4.78, 5) is 38.5. The highest BCUT2D eigenvalue weighted by atomic mass is 16.6. The molecule has 0 aromatic heterocycles. The standard InChI is InChI=1S/C77H136O6/c1-4-7-10-13-16-19-22-25-28-31-32-33-34-35-36-37-38-39-40-41-42-43-44-47-49-52-55-58-61-64-67-70-76(79)82-73-74(83-77(80)71-68-65-62-59-56-53-50-46-30-27-24-21-18-15-12-9-6-3)72-81-75(78)69-66-63-60-57-54-51-48-45-29-26-23-20-17-14-11-8-5-2/h7,10,16,18-19,21,25,27-28,30,32-33,35-36,74H,4-6,8-9,11-15,17,20,22-24,26,29,31,34,37-73H2,1-3H3/b10-7-,19-16-,21-18-,28-25-,30-27-,33-32-,36-35-. The molecule has 0 rings (SSSR count). The van der Waals surface area contributed by atoms with Crippen molar-refractivity contribution in [3.05, 3.63) is 85.1 Å². The number of carbonyl (C=O) groups is 3. The van der Waals surface area contributed by atoms with Crippen LogP contribution in [-0.2, 0) is 28.6 Å². The van der Waals surface area contributed by atoms with Gasteiger partial charge in [-0.25, -0.2) is 0 Å². The van der Waals surface area contributed by atoms with E-state index in [1.807, 2.05) is 0 Å². The van der Waals surface area contributed by atoms with Gasteiger partial charge in [-0.15, -0.1) is 0 Å². The summed E-state index contributed by atoms with van der Waals surface area (Å²) in [7, 11) is 0. The average molecular weight is 1160 g/mol. The van der Waals surface area contributed by atoms with Gasteiger partial charge in [0.1, 0.15) is 13.2 Å². The number of ether oxygens (including phenoxy) is 3. The van der Waals surface area contributed by atoms with Gasteiger partial charge in [-0.05, 0) is 96.3 Å². The van der Waals surface area contributed by atoms with E-state index in [2.05, 4.69) is 106 Å². The predicted octanol–water partition coefficient (Wildman–Crippen LogP) is 25.0. The Morgan fingerprint density at radius 2 is 0.470 bits per heavy atom. The molecule has 0 saturated carbocycles. The Labute approximate surface area is 515 Å². The molecule has 0 aromatic carbocycles. The number of carbonyl (C=O) groups excluding carboxylic acids is 3. The van der Waals surface area contributed by atoms with E-state index in [9.17, 15) is 14.4 Å². The lowest BCUT2D eigenvalue weighted by molar-refractivity contribution is -0.167. The van der Waals surface area contributed by atoms with Crippen molar-refractivity contribution in [1.29, 1.82) is 0 Å². The van der Waals surface area contributed by atoms with E-state index >= 15 is 0 Å². The first-order valence-electron chi connectivity index (χ1n) is 36.1. The van der Waals surface area contributed by atoms with E-state index < -0.39 is 6.10 Å². The van der Waals surface area contributed by atoms with E-state index in [1.165, 1.54) is 225 Å². The molecule has 0 spiro atoms. The predicted molar refractivity (Wildman–Crippen MR) is 362 cm³/mol. The largest absolute Gasteiger partial charge is 0.462 e. The normalized spacial score (nSPS) is 12.6. The van der Waals surface area contributed by atoms with Crippen LogP contribution < -0.4 is 0 Å². The number of unbranched alkanes of at least 4 members (excludes halogenated alkanes) is 41. The Morgan fingerprint density at radius 3 is 0.759 bits per heavy atom. The fourth-order valence-corrected chi connectivity index (χ4v) is 10.5. The third kappa shape index (κ3) is 69.3. The lowest BCUT2D eigenvalue weighted by Crippen LogP contribution is -2.30. The Hall–Kier alpha value is -3.41. The summed E-state index contributed by atoms with van der Waals surface area (Å²) in [6.45, 7) is 6.55. The molecule has 0 amide bonds. The summed E-state index contributed by atoms with van der Waals surface area (Å²) in [6, 6.07) is 0. The molecule has 0 aliphatic heterocycles. The van der Waals surface area contributed by atoms with Gasteiger partial charge in [-0.3, -0.25) is 14.4 Å². The van der Waals surface area contributed by atoms with Gasteiger partial charge in [0.15, 0.2) is 6.10 Å². The van der Waals surface area contributed by atoms with Crippen LogP contribution in [0, 0.1) is 0 Å². The van der Waals surface area contributed by atoms with Crippen molar-refractivity contribution in [2.45, 2.75) is 374 Å². The summed E-state index contributed by atoms with van der Waals surface area (Å²) >= 11 is 0. The highest BCUT2D eigenvalue weighted by Crippen LogP contribution is 2.18. The lowest BCUT2D eigenvalue weighted by atomic mass is 10.0. The van der Waals surface area contributed by atoms with Crippen LogP contribution >= 0.6 is 0 Å². The molecule has 480 valence electrons. The number of esters is 3. The van der Waals surface area contributed by atoms with Crippen LogP contribution in [0.5, 0.6) is 0 Å². The second-order valence-corrected chi connectivity index (χ2v) is 24.1. The third-order valence-corrected chi connectivity index (χ3v) is 15.9. The highest BCUT2D eigenvalue weighted by molar-refractivity contribution is 5.71. The van der Waals surface area contributed by atoms with Gasteiger partial charge in [-0.2, -0.15) is 0 Å². The van der Waals surface area contributed by atoms with Crippen molar-refractivity contribution >= 4 is 17.9 Å². The molecule has 1 atom stereocenters. The number of hydrogen-bond acceptors (Lipinski definition) is 6. The summed E-state index contributed by atoms with van der Waals surface area (Å²) in [6.07, 6.45) is 94.7. The lowest BCUT2D eigenvalue weighted by Gasteiger charge is -2.18. The summed E-state index contributed by atoms with van der Waals surface area (Å²) in [5.74, 6) is -0.860. The van der Waals surface area contributed by atoms with Crippen molar-refractivity contribution in [2.75, 3.05) is 13.2 Å². The van der Waals surface area contributed by atoms with Crippen molar-refractivity contribution in [2.24, 2.45) is 0 Å². The van der Waals surface area contributed by atoms with Crippen LogP contribution in [0.15, 0.2) is 85.1 Å². The van der Waals surface area contributed by atoms with Crippen molar-refractivity contribution in [3.8, 4) is 0 Å². The molecule has 0 radical (unpaired) electrons. The van der Waals surface area contributed by atoms with Crippen molar-refractivity contribution in [3.63, 3.8) is 0 Å². The Kier molecular flexibility index (Phi) is 68.2. The van der Waals surface area contributed by atoms with E-state index in [0.717, 1.165) is 103 Å². The van der Waals surface area contributed by atoms with Crippen LogP contribution in [0.2, 0.25) is 0 Å². The van der Waals surface area contributed by atoms with Crippen molar-refractivity contribution in [1.82, 2.24) is 0 Å². The van der Waals surface area contributed by atoms with E-state index in [-0.39, 0.29) is 31.1 Å². The van der Waals surface area contributed by atoms with Gasteiger partial charge in [0.05, 0.1) is 0 Å². The maximum absolute atomic E-state index is 12.9. The molecule has 0 heterocycles. The number of allylic oxidation sites excluding steroid dienone is 14. The molecule has 0 bridgehead atoms. The fourth-order valence-electron chi connectivity index (χ4n) is 10.5. The second-order valence-electron chi connectivity index (χ2n) is 24.1. The van der Waals surface area contributed by atoms with Gasteiger partial charge >= 0.3 is 17.9 Å². The first kappa shape index (κ1) is 79.6. The smallest absolute Gasteiger partial charge is 0.306 e. The summed E-state index contributed by atoms with van der Waals surface area (Å²) in [5.41, 5.74) is 0. The zero-order chi connectivity index (χ0) is 59.9. The SMILES string of the molecule is CC/C=C\C/C=C\C/C=C\C/C=C\C/C=C\CCCCCCCCCCCCCCCCCC(=O)OCC(COC(=O)CCCCCCCCCCCCCCCCCCC)OC(=O)CCCCCCCCC/C=C\C/C=C\CCCCC. The van der Waals surface area contributed by atoms with Crippen LogP contribution in [0.1, 0.15) is 367 Å². The molecule has 0 aliphatic rings. The minimum absolute atomic E-state index is 0.0742. The zero-order valence-electron chi connectivity index (χ0n) is 55.2. The van der Waals surface area contributed by atoms with Gasteiger partial charge < -0.3 is 14.2 Å². The summed E-state index contributed by atoms with van der Waals surface area (Å²) in [5, 5.41) is 0. The molecule has 0 fully saturated rings. The molecule has 0 aromatic rings. The Bertz CT molecular complexity index is 1570. The molecular weight excluding hydrogens is 1020 g/mol. The molecule has 6 nitrogen and oxygen atoms in total. The van der Waals surface area contributed by atoms with Crippen LogP contribution in [0.25, 0.3) is 0 Å². The maximum Gasteiger partial charge on any atom is 0.306 e. The van der Waals surface area contributed by atoms with E-state index in [1.54, 1.807) is 0 Å². The monoisotopic (exact) mass is 1160 g/mol. The molecule has 0 N–H and O–H groups in total. The van der Waals surface area contributed by atoms with Gasteiger partial charge in [0.2, 0.25) is 0 Å². The molecule has 6 heteroatoms. The van der Waals surface area contributed by atoms with Gasteiger partial charge in [0.25, 0.3) is 0 Å². The van der Waals surface area contributed by atoms with Gasteiger partial charge in [0, 0.05) is 19.3 Å². The molecule has 1 unspecified atom stereocenters. The van der Waals surface area contributed by atoms with E-state index in [4.69, 9.17) is 14.2 Å². The Balaban J connectivity index is 4.24. The fraction of sp³-hybridized carbons (Fsp3) is 0.779. The minimum atomic E-state index is -0.780. The first-order chi connectivity index (χ1) is 41.0.